The minimum Gasteiger partial charge on any atom is -0.481 e. The van der Waals surface area contributed by atoms with Gasteiger partial charge in [0.15, 0.2) is 5.82 Å². The van der Waals surface area contributed by atoms with E-state index < -0.39 is 30.5 Å². The Hall–Kier alpha value is -2.65. The third-order valence-corrected chi connectivity index (χ3v) is 4.33. The van der Waals surface area contributed by atoms with E-state index in [0.29, 0.717) is 11.4 Å². The Bertz CT molecular complexity index is 806. The fraction of sp³-hybridized carbons (Fsp3) is 0.500. The fourth-order valence-corrected chi connectivity index (χ4v) is 2.88. The van der Waals surface area contributed by atoms with Crippen molar-refractivity contribution < 1.29 is 27.6 Å². The van der Waals surface area contributed by atoms with Crippen molar-refractivity contribution in [3.63, 3.8) is 0 Å². The molecule has 1 N–H and O–H groups in total. The fourth-order valence-electron chi connectivity index (χ4n) is 2.88. The highest BCUT2D eigenvalue weighted by molar-refractivity contribution is 5.73. The Morgan fingerprint density at radius 2 is 2.12 bits per heavy atom. The molecule has 0 aliphatic carbocycles. The molecule has 0 aromatic carbocycles. The molecule has 0 radical (unpaired) electrons. The van der Waals surface area contributed by atoms with Crippen molar-refractivity contribution in [3.8, 4) is 11.5 Å². The number of hydrogen-bond donors (Lipinski definition) is 1. The Balaban J connectivity index is 1.87. The van der Waals surface area contributed by atoms with Gasteiger partial charge in [-0.1, -0.05) is 19.0 Å². The van der Waals surface area contributed by atoms with Crippen LogP contribution in [0.3, 0.4) is 0 Å². The predicted molar refractivity (Wildman–Crippen MR) is 84.5 cm³/mol. The van der Waals surface area contributed by atoms with E-state index in [4.69, 9.17) is 9.63 Å². The van der Waals surface area contributed by atoms with Gasteiger partial charge in [-0.05, 0) is 12.1 Å². The quantitative estimate of drug-likeness (QED) is 0.884. The van der Waals surface area contributed by atoms with Gasteiger partial charge >= 0.3 is 12.1 Å². The summed E-state index contributed by atoms with van der Waals surface area (Å²) >= 11 is 0. The minimum absolute atomic E-state index is 0.0660. The summed E-state index contributed by atoms with van der Waals surface area (Å²) in [6, 6.07) is 3.13. The van der Waals surface area contributed by atoms with Crippen LogP contribution < -0.4 is 4.90 Å². The molecule has 10 heteroatoms. The predicted octanol–water partition coefficient (Wildman–Crippen LogP) is 2.95. The molecule has 1 aliphatic heterocycles. The number of carboxylic acids is 1. The standard InChI is InChI=1S/C16H17F3N4O3/c1-8(2)13-21-14(26-22-13)9-3-4-20-12(5-9)23-6-10(15(24)25)11(7-23)16(17,18)19/h3-5,8,10-11H,6-7H2,1-2H3,(H,24,25)/t10-,11-/m1/s1. The molecule has 1 saturated heterocycles. The molecule has 2 atom stereocenters. The molecule has 1 aliphatic rings. The number of aromatic nitrogens is 3. The maximum Gasteiger partial charge on any atom is 0.394 e. The molecule has 0 bridgehead atoms. The van der Waals surface area contributed by atoms with Gasteiger partial charge in [0.2, 0.25) is 0 Å². The molecule has 3 heterocycles. The molecule has 0 spiro atoms. The van der Waals surface area contributed by atoms with Crippen molar-refractivity contribution in [2.75, 3.05) is 18.0 Å². The molecule has 3 rings (SSSR count). The van der Waals surface area contributed by atoms with Crippen LogP contribution in [0.5, 0.6) is 0 Å². The summed E-state index contributed by atoms with van der Waals surface area (Å²) in [7, 11) is 0. The highest BCUT2D eigenvalue weighted by Gasteiger charge is 2.52. The van der Waals surface area contributed by atoms with Gasteiger partial charge in [0.1, 0.15) is 5.82 Å². The highest BCUT2D eigenvalue weighted by Crippen LogP contribution is 2.39. The van der Waals surface area contributed by atoms with Gasteiger partial charge in [0, 0.05) is 30.8 Å². The number of anilines is 1. The summed E-state index contributed by atoms with van der Waals surface area (Å²) in [6.07, 6.45) is -3.17. The smallest absolute Gasteiger partial charge is 0.394 e. The lowest BCUT2D eigenvalue weighted by Crippen LogP contribution is -2.33. The number of halogens is 3. The van der Waals surface area contributed by atoms with Crippen LogP contribution in [-0.2, 0) is 4.79 Å². The number of alkyl halides is 3. The molecule has 7 nitrogen and oxygen atoms in total. The lowest BCUT2D eigenvalue weighted by atomic mass is 9.96. The largest absolute Gasteiger partial charge is 0.481 e. The second-order valence-corrected chi connectivity index (χ2v) is 6.51. The molecule has 1 fully saturated rings. The van der Waals surface area contributed by atoms with Gasteiger partial charge in [0.25, 0.3) is 5.89 Å². The molecule has 0 saturated carbocycles. The number of rotatable bonds is 4. The summed E-state index contributed by atoms with van der Waals surface area (Å²) in [5.41, 5.74) is 0.511. The Morgan fingerprint density at radius 3 is 2.65 bits per heavy atom. The number of nitrogens with zero attached hydrogens (tertiary/aromatic N) is 4. The molecule has 140 valence electrons. The maximum absolute atomic E-state index is 13.1. The molecule has 0 amide bonds. The van der Waals surface area contributed by atoms with Crippen LogP contribution in [0.15, 0.2) is 22.9 Å². The highest BCUT2D eigenvalue weighted by atomic mass is 19.4. The zero-order valence-electron chi connectivity index (χ0n) is 14.1. The molecule has 2 aromatic rings. The number of hydrogen-bond acceptors (Lipinski definition) is 6. The van der Waals surface area contributed by atoms with Crippen molar-refractivity contribution in [1.82, 2.24) is 15.1 Å². The number of aliphatic carboxylic acids is 1. The van der Waals surface area contributed by atoms with Crippen LogP contribution in [0.4, 0.5) is 19.0 Å². The van der Waals surface area contributed by atoms with Crippen LogP contribution >= 0.6 is 0 Å². The molecule has 0 unspecified atom stereocenters. The third-order valence-electron chi connectivity index (χ3n) is 4.33. The average molecular weight is 370 g/mol. The lowest BCUT2D eigenvalue weighted by molar-refractivity contribution is -0.187. The van der Waals surface area contributed by atoms with E-state index in [1.807, 2.05) is 13.8 Å². The van der Waals surface area contributed by atoms with Crippen LogP contribution in [0.2, 0.25) is 0 Å². The van der Waals surface area contributed by atoms with E-state index in [2.05, 4.69) is 15.1 Å². The first kappa shape index (κ1) is 18.2. The second kappa shape index (κ2) is 6.58. The van der Waals surface area contributed by atoms with Crippen LogP contribution in [0.1, 0.15) is 25.6 Å². The first-order valence-corrected chi connectivity index (χ1v) is 8.01. The van der Waals surface area contributed by atoms with Gasteiger partial charge in [-0.25, -0.2) is 4.98 Å². The zero-order chi connectivity index (χ0) is 19.1. The average Bonchev–Trinajstić information content (AvgIpc) is 3.22. The first-order chi connectivity index (χ1) is 12.2. The van der Waals surface area contributed by atoms with Crippen LogP contribution in [0, 0.1) is 11.8 Å². The second-order valence-electron chi connectivity index (χ2n) is 6.51. The van der Waals surface area contributed by atoms with E-state index in [-0.39, 0.29) is 24.2 Å². The molecule has 26 heavy (non-hydrogen) atoms. The van der Waals surface area contributed by atoms with Gasteiger partial charge in [-0.2, -0.15) is 18.2 Å². The van der Waals surface area contributed by atoms with Crippen molar-refractivity contribution in [3.05, 3.63) is 24.2 Å². The zero-order valence-corrected chi connectivity index (χ0v) is 14.1. The van der Waals surface area contributed by atoms with Crippen molar-refractivity contribution in [2.24, 2.45) is 11.8 Å². The summed E-state index contributed by atoms with van der Waals surface area (Å²) in [6.45, 7) is 3.08. The van der Waals surface area contributed by atoms with Crippen LogP contribution in [0.25, 0.3) is 11.5 Å². The number of carboxylic acid groups (broad SMARTS) is 1. The van der Waals surface area contributed by atoms with Gasteiger partial charge in [-0.3, -0.25) is 4.79 Å². The Kier molecular flexibility index (Phi) is 4.59. The normalized spacial score (nSPS) is 20.8. The van der Waals surface area contributed by atoms with E-state index in [0.717, 1.165) is 0 Å². The summed E-state index contributed by atoms with van der Waals surface area (Å²) in [4.78, 5) is 20.9. The van der Waals surface area contributed by atoms with Crippen molar-refractivity contribution in [2.45, 2.75) is 25.9 Å². The SMILES string of the molecule is CC(C)c1noc(-c2ccnc(N3C[C@@H](C(F)(F)F)[C@H](C(=O)O)C3)c2)n1. The van der Waals surface area contributed by atoms with Crippen molar-refractivity contribution in [1.29, 1.82) is 0 Å². The third kappa shape index (κ3) is 3.49. The number of pyridine rings is 1. The lowest BCUT2D eigenvalue weighted by Gasteiger charge is -2.19. The van der Waals surface area contributed by atoms with Gasteiger partial charge in [0.05, 0.1) is 11.8 Å². The van der Waals surface area contributed by atoms with E-state index in [9.17, 15) is 18.0 Å². The van der Waals surface area contributed by atoms with E-state index in [1.54, 1.807) is 6.07 Å². The molecular formula is C16H17F3N4O3. The molecular weight excluding hydrogens is 353 g/mol. The maximum atomic E-state index is 13.1. The number of carbonyl (C=O) groups is 1. The van der Waals surface area contributed by atoms with Gasteiger partial charge in [-0.15, -0.1) is 0 Å². The summed E-state index contributed by atoms with van der Waals surface area (Å²) < 4.78 is 44.6. The van der Waals surface area contributed by atoms with Gasteiger partial charge < -0.3 is 14.5 Å². The van der Waals surface area contributed by atoms with E-state index in [1.165, 1.54) is 17.2 Å². The Morgan fingerprint density at radius 1 is 1.38 bits per heavy atom. The minimum atomic E-state index is -4.59. The summed E-state index contributed by atoms with van der Waals surface area (Å²) in [5, 5.41) is 13.0. The summed E-state index contributed by atoms with van der Waals surface area (Å²) in [5.74, 6) is -3.88. The molecule has 2 aromatic heterocycles. The topological polar surface area (TPSA) is 92.4 Å². The first-order valence-electron chi connectivity index (χ1n) is 8.01. The monoisotopic (exact) mass is 370 g/mol. The Labute approximate surface area is 146 Å². The van der Waals surface area contributed by atoms with E-state index >= 15 is 0 Å². The van der Waals surface area contributed by atoms with Crippen LogP contribution in [-0.4, -0.2) is 45.5 Å². The van der Waals surface area contributed by atoms with Crippen molar-refractivity contribution >= 4 is 11.8 Å².